The van der Waals surface area contributed by atoms with Gasteiger partial charge >= 0.3 is 0 Å². The van der Waals surface area contributed by atoms with Gasteiger partial charge in [-0.05, 0) is 72.8 Å². The van der Waals surface area contributed by atoms with E-state index >= 15 is 0 Å². The summed E-state index contributed by atoms with van der Waals surface area (Å²) in [6, 6.07) is 25.8. The molecule has 2 aromatic heterocycles. The van der Waals surface area contributed by atoms with Crippen LogP contribution in [0.2, 0.25) is 0 Å². The Morgan fingerprint density at radius 3 is 1.00 bits per heavy atom. The van der Waals surface area contributed by atoms with Gasteiger partial charge in [0.05, 0.1) is 9.85 Å². The Hall–Kier alpha value is -6.24. The molecule has 0 N–H and O–H groups in total. The van der Waals surface area contributed by atoms with Gasteiger partial charge in [-0.15, -0.1) is 20.4 Å². The molecule has 0 saturated heterocycles. The third-order valence-electron chi connectivity index (χ3n) is 5.94. The lowest BCUT2D eigenvalue weighted by Crippen LogP contribution is -1.87. The predicted molar refractivity (Wildman–Crippen MR) is 144 cm³/mol. The van der Waals surface area contributed by atoms with E-state index in [-0.39, 0.29) is 23.2 Å². The average molecular weight is 548 g/mol. The number of nitro benzene ring substituents is 2. The molecule has 0 aliphatic carbocycles. The molecule has 200 valence electrons. The summed E-state index contributed by atoms with van der Waals surface area (Å²) < 4.78 is 17.4. The molecule has 0 aliphatic rings. The minimum atomic E-state index is -0.476. The van der Waals surface area contributed by atoms with Gasteiger partial charge in [0, 0.05) is 46.5 Å². The van der Waals surface area contributed by atoms with E-state index in [1.165, 1.54) is 24.3 Å². The highest BCUT2D eigenvalue weighted by Gasteiger charge is 2.14. The van der Waals surface area contributed by atoms with Crippen LogP contribution in [0.3, 0.4) is 0 Å². The van der Waals surface area contributed by atoms with E-state index in [2.05, 4.69) is 20.4 Å². The summed E-state index contributed by atoms with van der Waals surface area (Å²) in [6.07, 6.45) is 0. The van der Waals surface area contributed by atoms with E-state index in [0.29, 0.717) is 45.5 Å². The monoisotopic (exact) mass is 548 g/mol. The average Bonchev–Trinajstić information content (AvgIpc) is 3.69. The quantitative estimate of drug-likeness (QED) is 0.146. The van der Waals surface area contributed by atoms with Crippen molar-refractivity contribution in [2.75, 3.05) is 0 Å². The van der Waals surface area contributed by atoms with Gasteiger partial charge in [-0.25, -0.2) is 0 Å². The fourth-order valence-electron chi connectivity index (χ4n) is 3.83. The number of nitrogens with zero attached hydrogens (tertiary/aromatic N) is 6. The number of non-ortho nitro benzene ring substituents is 2. The molecular weight excluding hydrogens is 532 g/mol. The minimum Gasteiger partial charge on any atom is -0.457 e. The topological polar surface area (TPSA) is 173 Å². The third-order valence-corrected chi connectivity index (χ3v) is 5.94. The second kappa shape index (κ2) is 10.5. The molecule has 0 spiro atoms. The Morgan fingerprint density at radius 1 is 0.463 bits per heavy atom. The molecule has 0 saturated carbocycles. The predicted octanol–water partition coefficient (Wildman–Crippen LogP) is 6.73. The Kier molecular flexibility index (Phi) is 6.41. The molecule has 41 heavy (non-hydrogen) atoms. The molecule has 0 atom stereocenters. The van der Waals surface area contributed by atoms with Crippen LogP contribution in [0.15, 0.2) is 106 Å². The van der Waals surface area contributed by atoms with Crippen LogP contribution in [0.4, 0.5) is 11.4 Å². The first-order valence-electron chi connectivity index (χ1n) is 12.0. The standard InChI is InChI=1S/C28H16N6O7/c35-33(36)21-9-1-17(2-10-21)25-29-31-27(40-25)19-5-13-23(14-6-19)39-24-15-7-20(8-16-24)28-32-30-26(41-28)18-3-11-22(12-4-18)34(37)38/h1-16H. The summed E-state index contributed by atoms with van der Waals surface area (Å²) in [7, 11) is 0. The Morgan fingerprint density at radius 2 is 0.732 bits per heavy atom. The SMILES string of the molecule is O=[N+]([O-])c1ccc(-c2nnc(-c3ccc(Oc4ccc(-c5nnc(-c6ccc([N+](=O)[O-])cc6)o5)cc4)cc3)o2)cc1. The molecule has 0 radical (unpaired) electrons. The zero-order chi connectivity index (χ0) is 28.3. The van der Waals surface area contributed by atoms with Crippen LogP contribution in [0.1, 0.15) is 0 Å². The van der Waals surface area contributed by atoms with Crippen molar-refractivity contribution < 1.29 is 23.4 Å². The molecule has 0 aliphatic heterocycles. The normalized spacial score (nSPS) is 10.8. The lowest BCUT2D eigenvalue weighted by atomic mass is 10.2. The smallest absolute Gasteiger partial charge is 0.269 e. The van der Waals surface area contributed by atoms with Crippen LogP contribution in [-0.2, 0) is 0 Å². The fourth-order valence-corrected chi connectivity index (χ4v) is 3.83. The molecule has 0 bridgehead atoms. The molecule has 0 unspecified atom stereocenters. The highest BCUT2D eigenvalue weighted by atomic mass is 16.6. The summed E-state index contributed by atoms with van der Waals surface area (Å²) in [5.41, 5.74) is 2.44. The molecule has 4 aromatic carbocycles. The molecular formula is C28H16N6O7. The van der Waals surface area contributed by atoms with Gasteiger partial charge < -0.3 is 13.6 Å². The van der Waals surface area contributed by atoms with Crippen LogP contribution in [0.25, 0.3) is 45.8 Å². The highest BCUT2D eigenvalue weighted by Crippen LogP contribution is 2.30. The summed E-state index contributed by atoms with van der Waals surface area (Å²) in [5.74, 6) is 2.24. The molecule has 13 heteroatoms. The van der Waals surface area contributed by atoms with Gasteiger partial charge in [0.1, 0.15) is 11.5 Å². The molecule has 0 fully saturated rings. The maximum Gasteiger partial charge on any atom is 0.269 e. The highest BCUT2D eigenvalue weighted by molar-refractivity contribution is 5.61. The maximum absolute atomic E-state index is 10.8. The van der Waals surface area contributed by atoms with E-state index in [9.17, 15) is 20.2 Å². The largest absolute Gasteiger partial charge is 0.457 e. The number of benzene rings is 4. The fraction of sp³-hybridized carbons (Fsp3) is 0. The van der Waals surface area contributed by atoms with Crippen LogP contribution in [0.5, 0.6) is 11.5 Å². The van der Waals surface area contributed by atoms with Crippen molar-refractivity contribution in [1.82, 2.24) is 20.4 Å². The van der Waals surface area contributed by atoms with Gasteiger partial charge in [-0.2, -0.15) is 0 Å². The Balaban J connectivity index is 1.10. The van der Waals surface area contributed by atoms with E-state index in [0.717, 1.165) is 0 Å². The maximum atomic E-state index is 10.8. The summed E-state index contributed by atoms with van der Waals surface area (Å²) in [6.45, 7) is 0. The van der Waals surface area contributed by atoms with Crippen molar-refractivity contribution in [3.05, 3.63) is 117 Å². The number of hydrogen-bond donors (Lipinski definition) is 0. The van der Waals surface area contributed by atoms with Gasteiger partial charge in [0.15, 0.2) is 0 Å². The van der Waals surface area contributed by atoms with Crippen molar-refractivity contribution in [2.45, 2.75) is 0 Å². The summed E-state index contributed by atoms with van der Waals surface area (Å²) in [5, 5.41) is 37.9. The van der Waals surface area contributed by atoms with E-state index in [1.807, 2.05) is 0 Å². The zero-order valence-corrected chi connectivity index (χ0v) is 20.8. The van der Waals surface area contributed by atoms with Crippen molar-refractivity contribution in [2.24, 2.45) is 0 Å². The lowest BCUT2D eigenvalue weighted by Gasteiger charge is -2.06. The lowest BCUT2D eigenvalue weighted by molar-refractivity contribution is -0.385. The van der Waals surface area contributed by atoms with Gasteiger partial charge in [-0.1, -0.05) is 0 Å². The molecule has 6 rings (SSSR count). The second-order valence-electron chi connectivity index (χ2n) is 8.58. The summed E-state index contributed by atoms with van der Waals surface area (Å²) in [4.78, 5) is 20.7. The van der Waals surface area contributed by atoms with Crippen LogP contribution < -0.4 is 4.74 Å². The van der Waals surface area contributed by atoms with E-state index in [4.69, 9.17) is 13.6 Å². The van der Waals surface area contributed by atoms with Crippen LogP contribution in [-0.4, -0.2) is 30.2 Å². The summed E-state index contributed by atoms with van der Waals surface area (Å²) >= 11 is 0. The van der Waals surface area contributed by atoms with E-state index < -0.39 is 9.85 Å². The van der Waals surface area contributed by atoms with Gasteiger partial charge in [0.25, 0.3) is 11.4 Å². The molecule has 6 aromatic rings. The number of aromatic nitrogens is 4. The van der Waals surface area contributed by atoms with Crippen molar-refractivity contribution in [3.8, 4) is 57.3 Å². The molecule has 2 heterocycles. The van der Waals surface area contributed by atoms with Crippen molar-refractivity contribution in [3.63, 3.8) is 0 Å². The van der Waals surface area contributed by atoms with Crippen molar-refractivity contribution in [1.29, 1.82) is 0 Å². The zero-order valence-electron chi connectivity index (χ0n) is 20.8. The second-order valence-corrected chi connectivity index (χ2v) is 8.58. The van der Waals surface area contributed by atoms with Crippen LogP contribution >= 0.6 is 0 Å². The number of hydrogen-bond acceptors (Lipinski definition) is 11. The minimum absolute atomic E-state index is 0.0258. The molecule has 0 amide bonds. The van der Waals surface area contributed by atoms with E-state index in [1.54, 1.807) is 72.8 Å². The number of ether oxygens (including phenoxy) is 1. The Labute approximate surface area is 230 Å². The van der Waals surface area contributed by atoms with Gasteiger partial charge in [0.2, 0.25) is 23.6 Å². The number of nitro groups is 2. The van der Waals surface area contributed by atoms with Crippen LogP contribution in [0, 0.1) is 20.2 Å². The Bertz CT molecular complexity index is 1710. The first-order valence-corrected chi connectivity index (χ1v) is 12.0. The van der Waals surface area contributed by atoms with Gasteiger partial charge in [-0.3, -0.25) is 20.2 Å². The third kappa shape index (κ3) is 5.35. The number of rotatable bonds is 8. The van der Waals surface area contributed by atoms with Crippen molar-refractivity contribution >= 4 is 11.4 Å². The molecule has 13 nitrogen and oxygen atoms in total. The first-order chi connectivity index (χ1) is 19.9. The first kappa shape index (κ1) is 25.1.